The molecule has 0 saturated heterocycles. The number of H-pyrrole nitrogens is 1. The molecule has 2 N–H and O–H groups in total. The van der Waals surface area contributed by atoms with Crippen LogP contribution in [0.1, 0.15) is 16.1 Å². The molecule has 1 atom stereocenters. The summed E-state index contributed by atoms with van der Waals surface area (Å²) in [6, 6.07) is 6.04. The minimum absolute atomic E-state index is 0.300. The molecule has 8 heteroatoms. The number of hydrogen-bond acceptors (Lipinski definition) is 5. The molecule has 25 heavy (non-hydrogen) atoms. The molecule has 0 aliphatic heterocycles. The Balaban J connectivity index is 1.79. The van der Waals surface area contributed by atoms with Crippen LogP contribution in [-0.2, 0) is 16.0 Å². The lowest BCUT2D eigenvalue weighted by Crippen LogP contribution is -2.43. The molecule has 0 radical (unpaired) electrons. The number of halogens is 1. The summed E-state index contributed by atoms with van der Waals surface area (Å²) in [6.45, 7) is 0. The van der Waals surface area contributed by atoms with Crippen LogP contribution in [0.3, 0.4) is 0 Å². The second-order valence-corrected chi connectivity index (χ2v) is 5.77. The number of esters is 1. The first-order chi connectivity index (χ1) is 12.1. The fourth-order valence-electron chi connectivity index (χ4n) is 2.45. The van der Waals surface area contributed by atoms with E-state index in [1.54, 1.807) is 42.9 Å². The van der Waals surface area contributed by atoms with E-state index in [4.69, 9.17) is 16.3 Å². The van der Waals surface area contributed by atoms with Gasteiger partial charge in [-0.05, 0) is 29.8 Å². The highest BCUT2D eigenvalue weighted by Gasteiger charge is 2.23. The number of methoxy groups -OCH3 is 1. The monoisotopic (exact) mass is 358 g/mol. The molecule has 3 rings (SSSR count). The first-order valence-corrected chi connectivity index (χ1v) is 7.86. The summed E-state index contributed by atoms with van der Waals surface area (Å²) >= 11 is 5.85. The van der Waals surface area contributed by atoms with Gasteiger partial charge in [-0.1, -0.05) is 11.6 Å². The van der Waals surface area contributed by atoms with Crippen LogP contribution < -0.4 is 5.32 Å². The number of ether oxygens (including phenoxy) is 1. The minimum atomic E-state index is -0.812. The van der Waals surface area contributed by atoms with Gasteiger partial charge in [-0.15, -0.1) is 0 Å². The number of aromatic amines is 1. The predicted octanol–water partition coefficient (Wildman–Crippen LogP) is 2.13. The molecule has 128 valence electrons. The van der Waals surface area contributed by atoms with Gasteiger partial charge in [0.1, 0.15) is 16.9 Å². The maximum atomic E-state index is 12.5. The zero-order valence-electron chi connectivity index (χ0n) is 13.3. The van der Waals surface area contributed by atoms with E-state index in [9.17, 15) is 9.59 Å². The number of carbonyl (C=O) groups excluding carboxylic acids is 2. The van der Waals surface area contributed by atoms with Crippen molar-refractivity contribution >= 4 is 34.4 Å². The third kappa shape index (κ3) is 3.95. The third-order valence-corrected chi connectivity index (χ3v) is 3.90. The van der Waals surface area contributed by atoms with Gasteiger partial charge in [0.15, 0.2) is 0 Å². The Morgan fingerprint density at radius 2 is 2.08 bits per heavy atom. The number of aromatic nitrogens is 3. The summed E-state index contributed by atoms with van der Waals surface area (Å²) in [5.74, 6) is -0.942. The second-order valence-electron chi connectivity index (χ2n) is 5.39. The Hall–Kier alpha value is -2.93. The van der Waals surface area contributed by atoms with E-state index in [0.717, 1.165) is 10.9 Å². The number of rotatable bonds is 5. The number of pyridine rings is 2. The van der Waals surface area contributed by atoms with Crippen LogP contribution in [0, 0.1) is 0 Å². The molecule has 0 fully saturated rings. The molecule has 3 heterocycles. The number of nitrogens with one attached hydrogen (secondary N) is 2. The van der Waals surface area contributed by atoms with E-state index in [0.29, 0.717) is 22.8 Å². The van der Waals surface area contributed by atoms with Gasteiger partial charge < -0.3 is 15.0 Å². The molecule has 0 bridgehead atoms. The Morgan fingerprint density at radius 1 is 1.32 bits per heavy atom. The fraction of sp³-hybridized carbons (Fsp3) is 0.176. The van der Waals surface area contributed by atoms with Crippen molar-refractivity contribution in [3.05, 3.63) is 59.3 Å². The SMILES string of the molecule is COC(=O)[C@H](Cc1ccncc1)NC(=O)c1cc2cc(Cl)ncc2[nH]1. The molecule has 3 aromatic rings. The molecule has 0 spiro atoms. The average molecular weight is 359 g/mol. The van der Waals surface area contributed by atoms with E-state index in [1.165, 1.54) is 7.11 Å². The highest BCUT2D eigenvalue weighted by molar-refractivity contribution is 6.30. The first kappa shape index (κ1) is 16.9. The maximum absolute atomic E-state index is 12.5. The number of carbonyl (C=O) groups is 2. The Morgan fingerprint density at radius 3 is 2.80 bits per heavy atom. The summed E-state index contributed by atoms with van der Waals surface area (Å²) in [7, 11) is 1.28. The Labute approximate surface area is 148 Å². The number of amides is 1. The summed E-state index contributed by atoms with van der Waals surface area (Å²) in [6.07, 6.45) is 5.09. The number of fused-ring (bicyclic) bond motifs is 1. The van der Waals surface area contributed by atoms with Crippen LogP contribution in [-0.4, -0.2) is 40.0 Å². The van der Waals surface area contributed by atoms with Gasteiger partial charge in [0.05, 0.1) is 18.8 Å². The lowest BCUT2D eigenvalue weighted by Gasteiger charge is -2.16. The van der Waals surface area contributed by atoms with Gasteiger partial charge in [-0.3, -0.25) is 9.78 Å². The predicted molar refractivity (Wildman–Crippen MR) is 92.3 cm³/mol. The molecule has 0 saturated carbocycles. The van der Waals surface area contributed by atoms with Gasteiger partial charge >= 0.3 is 5.97 Å². The van der Waals surface area contributed by atoms with Crippen LogP contribution in [0.2, 0.25) is 5.15 Å². The molecule has 3 aromatic heterocycles. The smallest absolute Gasteiger partial charge is 0.328 e. The van der Waals surface area contributed by atoms with Crippen molar-refractivity contribution < 1.29 is 14.3 Å². The molecule has 0 unspecified atom stereocenters. The summed E-state index contributed by atoms with van der Waals surface area (Å²) < 4.78 is 4.79. The van der Waals surface area contributed by atoms with Crippen molar-refractivity contribution in [1.29, 1.82) is 0 Å². The molecule has 0 aromatic carbocycles. The van der Waals surface area contributed by atoms with Crippen molar-refractivity contribution in [3.63, 3.8) is 0 Å². The quantitative estimate of drug-likeness (QED) is 0.538. The normalized spacial score (nSPS) is 11.9. The van der Waals surface area contributed by atoms with Gasteiger partial charge in [-0.25, -0.2) is 9.78 Å². The Kier molecular flexibility index (Phi) is 4.95. The standard InChI is InChI=1S/C17H15ClN4O3/c1-25-17(24)13(6-10-2-4-19-5-3-10)22-16(23)12-7-11-8-15(18)20-9-14(11)21-12/h2-5,7-9,13,21H,6H2,1H3,(H,22,23)/t13-/m0/s1. The zero-order chi connectivity index (χ0) is 17.8. The average Bonchev–Trinajstić information content (AvgIpc) is 3.04. The molecular formula is C17H15ClN4O3. The van der Waals surface area contributed by atoms with Gasteiger partial charge in [0.2, 0.25) is 0 Å². The van der Waals surface area contributed by atoms with Crippen LogP contribution in [0.5, 0.6) is 0 Å². The van der Waals surface area contributed by atoms with Crippen molar-refractivity contribution in [2.24, 2.45) is 0 Å². The van der Waals surface area contributed by atoms with Crippen molar-refractivity contribution in [2.45, 2.75) is 12.5 Å². The molecule has 0 aliphatic carbocycles. The largest absolute Gasteiger partial charge is 0.467 e. The van der Waals surface area contributed by atoms with Crippen molar-refractivity contribution in [1.82, 2.24) is 20.3 Å². The second kappa shape index (κ2) is 7.31. The molecular weight excluding hydrogens is 344 g/mol. The molecule has 7 nitrogen and oxygen atoms in total. The van der Waals surface area contributed by atoms with Crippen LogP contribution >= 0.6 is 11.6 Å². The Bertz CT molecular complexity index is 911. The van der Waals surface area contributed by atoms with Gasteiger partial charge in [0, 0.05) is 24.2 Å². The third-order valence-electron chi connectivity index (χ3n) is 3.70. The van der Waals surface area contributed by atoms with E-state index in [1.807, 2.05) is 0 Å². The van der Waals surface area contributed by atoms with Crippen LogP contribution in [0.4, 0.5) is 0 Å². The number of hydrogen-bond donors (Lipinski definition) is 2. The highest BCUT2D eigenvalue weighted by Crippen LogP contribution is 2.18. The summed E-state index contributed by atoms with van der Waals surface area (Å²) in [5, 5.41) is 3.78. The van der Waals surface area contributed by atoms with Crippen LogP contribution in [0.15, 0.2) is 42.9 Å². The van der Waals surface area contributed by atoms with E-state index < -0.39 is 17.9 Å². The fourth-order valence-corrected chi connectivity index (χ4v) is 2.62. The van der Waals surface area contributed by atoms with Gasteiger partial charge in [-0.2, -0.15) is 0 Å². The molecule has 1 amide bonds. The highest BCUT2D eigenvalue weighted by atomic mass is 35.5. The van der Waals surface area contributed by atoms with E-state index in [2.05, 4.69) is 20.3 Å². The summed E-state index contributed by atoms with van der Waals surface area (Å²) in [5.41, 5.74) is 1.85. The lowest BCUT2D eigenvalue weighted by atomic mass is 10.1. The van der Waals surface area contributed by atoms with Crippen molar-refractivity contribution in [3.8, 4) is 0 Å². The summed E-state index contributed by atoms with van der Waals surface area (Å²) in [4.78, 5) is 35.4. The lowest BCUT2D eigenvalue weighted by molar-refractivity contribution is -0.142. The minimum Gasteiger partial charge on any atom is -0.467 e. The maximum Gasteiger partial charge on any atom is 0.328 e. The van der Waals surface area contributed by atoms with Gasteiger partial charge in [0.25, 0.3) is 5.91 Å². The first-order valence-electron chi connectivity index (χ1n) is 7.48. The van der Waals surface area contributed by atoms with Crippen molar-refractivity contribution in [2.75, 3.05) is 7.11 Å². The molecule has 0 aliphatic rings. The van der Waals surface area contributed by atoms with E-state index >= 15 is 0 Å². The topological polar surface area (TPSA) is 97.0 Å². The van der Waals surface area contributed by atoms with Crippen LogP contribution in [0.25, 0.3) is 10.9 Å². The number of nitrogens with zero attached hydrogens (tertiary/aromatic N) is 2. The zero-order valence-corrected chi connectivity index (χ0v) is 14.1. The van der Waals surface area contributed by atoms with E-state index in [-0.39, 0.29) is 0 Å².